The number of hydrogen-bond donors (Lipinski definition) is 3. The van der Waals surface area contributed by atoms with Gasteiger partial charge in [0.25, 0.3) is 5.91 Å². The van der Waals surface area contributed by atoms with Gasteiger partial charge in [-0.15, -0.1) is 0 Å². The van der Waals surface area contributed by atoms with E-state index >= 15 is 0 Å². The molecule has 0 aliphatic heterocycles. The molecule has 6 nitrogen and oxygen atoms in total. The van der Waals surface area contributed by atoms with Crippen LogP contribution in [0.15, 0.2) is 54.7 Å². The van der Waals surface area contributed by atoms with Crippen LogP contribution in [0.5, 0.6) is 5.75 Å². The van der Waals surface area contributed by atoms with E-state index in [9.17, 15) is 15.0 Å². The Hall–Kier alpha value is -2.44. The van der Waals surface area contributed by atoms with Crippen LogP contribution in [0, 0.1) is 0 Å². The molecule has 1 aliphatic carbocycles. The van der Waals surface area contributed by atoms with E-state index in [1.165, 1.54) is 6.20 Å². The zero-order valence-corrected chi connectivity index (χ0v) is 12.4. The average Bonchev–Trinajstić information content (AvgIpc) is 2.84. The molecule has 0 unspecified atom stereocenters. The number of aliphatic hydroxyl groups excluding tert-OH is 2. The summed E-state index contributed by atoms with van der Waals surface area (Å²) in [6.07, 6.45) is -0.895. The van der Waals surface area contributed by atoms with Gasteiger partial charge in [-0.1, -0.05) is 24.3 Å². The first-order valence-electron chi connectivity index (χ1n) is 7.45. The van der Waals surface area contributed by atoms with Crippen molar-refractivity contribution < 1.29 is 19.7 Å². The van der Waals surface area contributed by atoms with Gasteiger partial charge in [-0.05, 0) is 24.3 Å². The first-order chi connectivity index (χ1) is 11.1. The van der Waals surface area contributed by atoms with Crippen molar-refractivity contribution in [3.05, 3.63) is 60.4 Å². The van der Waals surface area contributed by atoms with Gasteiger partial charge in [-0.2, -0.15) is 0 Å². The maximum Gasteiger partial charge on any atom is 0.270 e. The van der Waals surface area contributed by atoms with Crippen LogP contribution in [0.2, 0.25) is 0 Å². The van der Waals surface area contributed by atoms with Gasteiger partial charge in [0.05, 0.1) is 6.04 Å². The number of ether oxygens (including phenoxy) is 1. The Balaban J connectivity index is 1.64. The second-order valence-corrected chi connectivity index (χ2v) is 5.48. The van der Waals surface area contributed by atoms with Gasteiger partial charge in [0.1, 0.15) is 29.8 Å². The molecule has 1 aliphatic rings. The quantitative estimate of drug-likeness (QED) is 0.775. The van der Waals surface area contributed by atoms with Crippen LogP contribution in [0.3, 0.4) is 0 Å². The van der Waals surface area contributed by atoms with E-state index in [-0.39, 0.29) is 11.6 Å². The molecule has 0 radical (unpaired) electrons. The summed E-state index contributed by atoms with van der Waals surface area (Å²) in [6, 6.07) is 13.5. The van der Waals surface area contributed by atoms with Gasteiger partial charge in [0, 0.05) is 12.6 Å². The lowest BCUT2D eigenvalue weighted by Gasteiger charge is -2.18. The summed E-state index contributed by atoms with van der Waals surface area (Å²) < 4.78 is 5.70. The Morgan fingerprint density at radius 2 is 1.83 bits per heavy atom. The van der Waals surface area contributed by atoms with Gasteiger partial charge in [0.15, 0.2) is 0 Å². The average molecular weight is 314 g/mol. The molecule has 1 amide bonds. The minimum absolute atomic E-state index is 0.265. The maximum absolute atomic E-state index is 12.1. The number of aliphatic hydroxyl groups is 2. The van der Waals surface area contributed by atoms with Gasteiger partial charge in [-0.3, -0.25) is 9.78 Å². The fourth-order valence-electron chi connectivity index (χ4n) is 2.66. The van der Waals surface area contributed by atoms with Crippen LogP contribution in [0.4, 0.5) is 0 Å². The molecule has 0 bridgehead atoms. The minimum atomic E-state index is -1.09. The Bertz CT molecular complexity index is 650. The third-order valence-electron chi connectivity index (χ3n) is 3.87. The zero-order chi connectivity index (χ0) is 16.2. The van der Waals surface area contributed by atoms with Crippen molar-refractivity contribution in [2.75, 3.05) is 0 Å². The first-order valence-corrected chi connectivity index (χ1v) is 7.45. The molecular weight excluding hydrogens is 296 g/mol. The van der Waals surface area contributed by atoms with Crippen molar-refractivity contribution >= 4 is 5.91 Å². The number of carbonyl (C=O) groups excluding carboxylic acids is 1. The predicted molar refractivity (Wildman–Crippen MR) is 83.0 cm³/mol. The molecule has 0 spiro atoms. The highest BCUT2D eigenvalue weighted by atomic mass is 16.5. The summed E-state index contributed by atoms with van der Waals surface area (Å²) in [7, 11) is 0. The number of nitrogens with zero attached hydrogens (tertiary/aromatic N) is 1. The van der Waals surface area contributed by atoms with Crippen molar-refractivity contribution in [2.24, 2.45) is 0 Å². The third kappa shape index (κ3) is 3.49. The first kappa shape index (κ1) is 15.5. The topological polar surface area (TPSA) is 91.7 Å². The summed E-state index contributed by atoms with van der Waals surface area (Å²) in [6.45, 7) is 0. The van der Waals surface area contributed by atoms with Crippen molar-refractivity contribution in [1.82, 2.24) is 10.3 Å². The Labute approximate surface area is 133 Å². The number of hydrogen-bond acceptors (Lipinski definition) is 5. The standard InChI is InChI=1S/C17H18N2O4/c20-15-13(19-17(22)12-8-4-5-9-18-12)10-14(16(15)21)23-11-6-2-1-3-7-11/h1-9,13-16,20-21H,10H2,(H,19,22)/t13-,14-,15+,16+/m1/s1. The van der Waals surface area contributed by atoms with Crippen LogP contribution in [0.1, 0.15) is 16.9 Å². The zero-order valence-electron chi connectivity index (χ0n) is 12.4. The lowest BCUT2D eigenvalue weighted by atomic mass is 10.2. The highest BCUT2D eigenvalue weighted by Crippen LogP contribution is 2.26. The van der Waals surface area contributed by atoms with Crippen molar-refractivity contribution in [3.63, 3.8) is 0 Å². The van der Waals surface area contributed by atoms with Crippen LogP contribution in [-0.4, -0.2) is 45.5 Å². The molecule has 0 saturated heterocycles. The minimum Gasteiger partial charge on any atom is -0.488 e. The largest absolute Gasteiger partial charge is 0.488 e. The van der Waals surface area contributed by atoms with Crippen molar-refractivity contribution in [1.29, 1.82) is 0 Å². The van der Waals surface area contributed by atoms with Crippen molar-refractivity contribution in [2.45, 2.75) is 30.8 Å². The predicted octanol–water partition coefficient (Wildman–Crippen LogP) is 0.753. The molecule has 6 heteroatoms. The van der Waals surface area contributed by atoms with E-state index in [0.717, 1.165) is 0 Å². The van der Waals surface area contributed by atoms with E-state index in [0.29, 0.717) is 12.2 Å². The van der Waals surface area contributed by atoms with E-state index < -0.39 is 24.4 Å². The molecule has 1 saturated carbocycles. The lowest BCUT2D eigenvalue weighted by Crippen LogP contribution is -2.43. The van der Waals surface area contributed by atoms with Gasteiger partial charge in [0.2, 0.25) is 0 Å². The number of aromatic nitrogens is 1. The molecule has 1 fully saturated rings. The molecule has 2 aromatic rings. The van der Waals surface area contributed by atoms with E-state index in [2.05, 4.69) is 10.3 Å². The van der Waals surface area contributed by atoms with Crippen LogP contribution < -0.4 is 10.1 Å². The number of para-hydroxylation sites is 1. The SMILES string of the molecule is O=C(N[C@@H]1C[C@@H](Oc2ccccc2)[C@H](O)[C@H]1O)c1ccccn1. The number of pyridine rings is 1. The van der Waals surface area contributed by atoms with Gasteiger partial charge in [-0.25, -0.2) is 0 Å². The summed E-state index contributed by atoms with van der Waals surface area (Å²) in [5, 5.41) is 23.0. The second kappa shape index (κ2) is 6.76. The second-order valence-electron chi connectivity index (χ2n) is 5.48. The van der Waals surface area contributed by atoms with E-state index in [1.807, 2.05) is 18.2 Å². The molecule has 3 rings (SSSR count). The fourth-order valence-corrected chi connectivity index (χ4v) is 2.66. The molecular formula is C17H18N2O4. The van der Waals surface area contributed by atoms with E-state index in [4.69, 9.17) is 4.74 Å². The Kier molecular flexibility index (Phi) is 4.55. The van der Waals surface area contributed by atoms with Crippen LogP contribution in [-0.2, 0) is 0 Å². The maximum atomic E-state index is 12.1. The van der Waals surface area contributed by atoms with Crippen LogP contribution >= 0.6 is 0 Å². The summed E-state index contributed by atoms with van der Waals surface area (Å²) in [5.41, 5.74) is 0.265. The van der Waals surface area contributed by atoms with Crippen LogP contribution in [0.25, 0.3) is 0 Å². The number of carbonyl (C=O) groups is 1. The molecule has 3 N–H and O–H groups in total. The number of nitrogens with one attached hydrogen (secondary N) is 1. The Morgan fingerprint density at radius 1 is 1.09 bits per heavy atom. The van der Waals surface area contributed by atoms with Gasteiger partial charge < -0.3 is 20.3 Å². The van der Waals surface area contributed by atoms with E-state index in [1.54, 1.807) is 30.3 Å². The van der Waals surface area contributed by atoms with Crippen molar-refractivity contribution in [3.8, 4) is 5.75 Å². The summed E-state index contributed by atoms with van der Waals surface area (Å²) in [4.78, 5) is 16.1. The third-order valence-corrected chi connectivity index (χ3v) is 3.87. The monoisotopic (exact) mass is 314 g/mol. The molecule has 4 atom stereocenters. The lowest BCUT2D eigenvalue weighted by molar-refractivity contribution is -0.0135. The molecule has 1 aromatic carbocycles. The molecule has 23 heavy (non-hydrogen) atoms. The number of benzene rings is 1. The number of amides is 1. The summed E-state index contributed by atoms with van der Waals surface area (Å²) >= 11 is 0. The molecule has 120 valence electrons. The fraction of sp³-hybridized carbons (Fsp3) is 0.294. The Morgan fingerprint density at radius 3 is 2.52 bits per heavy atom. The summed E-state index contributed by atoms with van der Waals surface area (Å²) in [5.74, 6) is 0.225. The molecule has 1 heterocycles. The molecule has 1 aromatic heterocycles. The van der Waals surface area contributed by atoms with Gasteiger partial charge >= 0.3 is 0 Å². The smallest absolute Gasteiger partial charge is 0.270 e. The normalized spacial score (nSPS) is 26.7. The highest BCUT2D eigenvalue weighted by molar-refractivity contribution is 5.92. The number of rotatable bonds is 4. The highest BCUT2D eigenvalue weighted by Gasteiger charge is 2.43.